The summed E-state index contributed by atoms with van der Waals surface area (Å²) in [6.07, 6.45) is 0.0385. The largest absolute Gasteiger partial charge is 0.421 e. The third-order valence-electron chi connectivity index (χ3n) is 7.96. The summed E-state index contributed by atoms with van der Waals surface area (Å²) < 4.78 is 97.7. The lowest BCUT2D eigenvalue weighted by Crippen LogP contribution is -2.60. The van der Waals surface area contributed by atoms with Gasteiger partial charge >= 0.3 is 6.18 Å². The maximum atomic E-state index is 13.8. The van der Waals surface area contributed by atoms with Gasteiger partial charge in [-0.3, -0.25) is 4.98 Å². The highest BCUT2D eigenvalue weighted by Crippen LogP contribution is 2.39. The molecule has 0 amide bonds. The summed E-state index contributed by atoms with van der Waals surface area (Å²) in [6, 6.07) is 10.5. The van der Waals surface area contributed by atoms with Gasteiger partial charge in [-0.15, -0.1) is 11.3 Å². The fourth-order valence-electron chi connectivity index (χ4n) is 5.18. The Bertz CT molecular complexity index is 1580. The zero-order valence-corrected chi connectivity index (χ0v) is 25.1. The van der Waals surface area contributed by atoms with Crippen LogP contribution in [0.4, 0.5) is 18.9 Å². The Morgan fingerprint density at radius 3 is 2.31 bits per heavy atom. The van der Waals surface area contributed by atoms with Crippen molar-refractivity contribution in [2.45, 2.75) is 59.2 Å². The lowest BCUT2D eigenvalue weighted by atomic mass is 9.92. The van der Waals surface area contributed by atoms with Crippen molar-refractivity contribution in [3.63, 3.8) is 0 Å². The van der Waals surface area contributed by atoms with Crippen LogP contribution < -0.4 is 4.90 Å². The van der Waals surface area contributed by atoms with Crippen molar-refractivity contribution in [1.29, 1.82) is 0 Å². The molecule has 15 heteroatoms. The van der Waals surface area contributed by atoms with Crippen LogP contribution in [0.2, 0.25) is 0 Å². The van der Waals surface area contributed by atoms with Gasteiger partial charge in [-0.2, -0.15) is 21.8 Å². The fraction of sp³-hybridized carbons (Fsp3) is 0.444. The number of alkyl halides is 3. The molecular formula is C27H31F3N4O5S3. The summed E-state index contributed by atoms with van der Waals surface area (Å²) in [7, 11) is -7.83. The first-order chi connectivity index (χ1) is 19.7. The van der Waals surface area contributed by atoms with Gasteiger partial charge in [0, 0.05) is 50.3 Å². The van der Waals surface area contributed by atoms with Gasteiger partial charge in [-0.1, -0.05) is 24.6 Å². The second-order valence-electron chi connectivity index (χ2n) is 10.6. The number of aromatic nitrogens is 1. The molecule has 1 saturated heterocycles. The second kappa shape index (κ2) is 11.5. The molecule has 5 rings (SSSR count). The molecular weight excluding hydrogens is 614 g/mol. The lowest BCUT2D eigenvalue weighted by Gasteiger charge is -2.46. The number of nitrogens with zero attached hydrogens (tertiary/aromatic N) is 4. The number of pyridine rings is 1. The summed E-state index contributed by atoms with van der Waals surface area (Å²) in [5.41, 5.74) is -2.91. The number of piperazine rings is 1. The van der Waals surface area contributed by atoms with Crippen LogP contribution in [0.1, 0.15) is 31.7 Å². The molecule has 2 fully saturated rings. The average Bonchev–Trinajstić information content (AvgIpc) is 3.48. The van der Waals surface area contributed by atoms with E-state index in [4.69, 9.17) is 0 Å². The van der Waals surface area contributed by atoms with Crippen LogP contribution >= 0.6 is 11.3 Å². The standard InChI is InChI=1S/C27H31F3N4O5S3/c1-26(35,27(28,29)30)20-9-11-21(12-10-20)33-15-14-32(42(38,39)25-8-4-16-40-25)18-23(33)19-34(22-5-2-6-22)41(36,37)24-7-3-13-31-17-24/h3-4,7-13,16-17,22-23,35H,2,5-6,14-15,18-19H2,1H3/t23-,26+/m1/s1. The SMILES string of the molecule is C[C@](O)(c1ccc(N2CCN(S(=O)(=O)c3cccs3)C[C@@H]2CN(C2CCC2)S(=O)(=O)c2cccnc2)cc1)C(F)(F)F. The average molecular weight is 645 g/mol. The van der Waals surface area contributed by atoms with E-state index in [0.29, 0.717) is 25.5 Å². The van der Waals surface area contributed by atoms with Crippen molar-refractivity contribution in [1.82, 2.24) is 13.6 Å². The second-order valence-corrected chi connectivity index (χ2v) is 15.6. The van der Waals surface area contributed by atoms with Crippen molar-refractivity contribution in [2.24, 2.45) is 0 Å². The Hall–Kier alpha value is -2.56. The van der Waals surface area contributed by atoms with Crippen LogP contribution in [0.15, 0.2) is 75.4 Å². The highest BCUT2D eigenvalue weighted by Gasteiger charge is 2.51. The van der Waals surface area contributed by atoms with Gasteiger partial charge in [0.15, 0.2) is 5.60 Å². The van der Waals surface area contributed by atoms with E-state index in [-0.39, 0.29) is 46.9 Å². The minimum absolute atomic E-state index is 0.0288. The molecule has 1 aliphatic heterocycles. The smallest absolute Gasteiger partial charge is 0.376 e. The van der Waals surface area contributed by atoms with Gasteiger partial charge in [0.05, 0.1) is 6.04 Å². The van der Waals surface area contributed by atoms with E-state index in [9.17, 15) is 35.1 Å². The van der Waals surface area contributed by atoms with E-state index in [1.165, 1.54) is 63.5 Å². The first-order valence-corrected chi connectivity index (χ1v) is 17.1. The van der Waals surface area contributed by atoms with Crippen molar-refractivity contribution in [3.05, 3.63) is 71.9 Å². The molecule has 0 spiro atoms. The van der Waals surface area contributed by atoms with E-state index < -0.39 is 37.9 Å². The number of halogens is 3. The van der Waals surface area contributed by atoms with Gasteiger partial charge in [0.2, 0.25) is 10.0 Å². The number of thiophene rings is 1. The summed E-state index contributed by atoms with van der Waals surface area (Å²) in [4.78, 5) is 5.82. The molecule has 228 valence electrons. The number of benzene rings is 1. The fourth-order valence-corrected chi connectivity index (χ4v) is 9.48. The molecule has 1 aromatic carbocycles. The topological polar surface area (TPSA) is 111 Å². The van der Waals surface area contributed by atoms with Crippen molar-refractivity contribution in [3.8, 4) is 0 Å². The Morgan fingerprint density at radius 1 is 1.05 bits per heavy atom. The Balaban J connectivity index is 1.50. The molecule has 2 aromatic heterocycles. The molecule has 0 bridgehead atoms. The lowest BCUT2D eigenvalue weighted by molar-refractivity contribution is -0.258. The van der Waals surface area contributed by atoms with Crippen LogP contribution in [0.5, 0.6) is 0 Å². The van der Waals surface area contributed by atoms with Gasteiger partial charge in [-0.25, -0.2) is 16.8 Å². The highest BCUT2D eigenvalue weighted by molar-refractivity contribution is 7.91. The summed E-state index contributed by atoms with van der Waals surface area (Å²) in [5, 5.41) is 11.8. The van der Waals surface area contributed by atoms with Crippen molar-refractivity contribution >= 4 is 37.1 Å². The van der Waals surface area contributed by atoms with Crippen LogP contribution in [-0.2, 0) is 25.6 Å². The molecule has 3 aromatic rings. The molecule has 1 saturated carbocycles. The van der Waals surface area contributed by atoms with Crippen LogP contribution in [0.25, 0.3) is 0 Å². The molecule has 1 aliphatic carbocycles. The molecule has 9 nitrogen and oxygen atoms in total. The predicted octanol–water partition coefficient (Wildman–Crippen LogP) is 4.04. The Kier molecular flexibility index (Phi) is 8.46. The third kappa shape index (κ3) is 5.82. The molecule has 0 radical (unpaired) electrons. The Labute approximate surface area is 247 Å². The maximum absolute atomic E-state index is 13.8. The monoisotopic (exact) mass is 644 g/mol. The first-order valence-electron chi connectivity index (χ1n) is 13.3. The molecule has 2 atom stereocenters. The zero-order valence-electron chi connectivity index (χ0n) is 22.7. The zero-order chi connectivity index (χ0) is 30.3. The quantitative estimate of drug-likeness (QED) is 0.375. The van der Waals surface area contributed by atoms with E-state index in [2.05, 4.69) is 4.98 Å². The van der Waals surface area contributed by atoms with Gasteiger partial charge < -0.3 is 10.0 Å². The predicted molar refractivity (Wildman–Crippen MR) is 152 cm³/mol. The van der Waals surface area contributed by atoms with E-state index in [1.807, 2.05) is 4.90 Å². The van der Waals surface area contributed by atoms with Gasteiger partial charge in [0.25, 0.3) is 10.0 Å². The summed E-state index contributed by atoms with van der Waals surface area (Å²) in [5.74, 6) is 0. The minimum atomic E-state index is -4.89. The molecule has 1 N–H and O–H groups in total. The maximum Gasteiger partial charge on any atom is 0.421 e. The van der Waals surface area contributed by atoms with Gasteiger partial charge in [0.1, 0.15) is 9.10 Å². The number of hydrogen-bond donors (Lipinski definition) is 1. The van der Waals surface area contributed by atoms with Crippen LogP contribution in [0, 0.1) is 0 Å². The molecule has 2 aliphatic rings. The highest BCUT2D eigenvalue weighted by atomic mass is 32.2. The number of hydrogen-bond acceptors (Lipinski definition) is 8. The third-order valence-corrected chi connectivity index (χ3v) is 13.1. The van der Waals surface area contributed by atoms with E-state index >= 15 is 0 Å². The number of aliphatic hydroxyl groups is 1. The van der Waals surface area contributed by atoms with E-state index in [1.54, 1.807) is 11.4 Å². The summed E-state index contributed by atoms with van der Waals surface area (Å²) in [6.45, 7) is 0.875. The van der Waals surface area contributed by atoms with Crippen LogP contribution in [-0.4, -0.2) is 80.0 Å². The number of sulfonamides is 2. The molecule has 3 heterocycles. The molecule has 0 unspecified atom stereocenters. The van der Waals surface area contributed by atoms with E-state index in [0.717, 1.165) is 17.8 Å². The minimum Gasteiger partial charge on any atom is -0.376 e. The summed E-state index contributed by atoms with van der Waals surface area (Å²) >= 11 is 1.09. The van der Waals surface area contributed by atoms with Crippen molar-refractivity contribution in [2.75, 3.05) is 31.1 Å². The Morgan fingerprint density at radius 2 is 1.76 bits per heavy atom. The van der Waals surface area contributed by atoms with Crippen molar-refractivity contribution < 1.29 is 35.1 Å². The molecule has 42 heavy (non-hydrogen) atoms. The normalized spacial score (nSPS) is 20.8. The first kappa shape index (κ1) is 30.9. The van der Waals surface area contributed by atoms with Crippen LogP contribution in [0.3, 0.4) is 0 Å². The number of anilines is 1. The van der Waals surface area contributed by atoms with Gasteiger partial charge in [-0.05, 0) is 61.0 Å². The number of rotatable bonds is 9.